The SMILES string of the molecule is C=C1CC(C)CCC1F. The second kappa shape index (κ2) is 2.51. The molecule has 2 unspecified atom stereocenters. The van der Waals surface area contributed by atoms with E-state index in [1.165, 1.54) is 0 Å². The van der Waals surface area contributed by atoms with Crippen molar-refractivity contribution >= 4 is 0 Å². The molecule has 0 heterocycles. The summed E-state index contributed by atoms with van der Waals surface area (Å²) >= 11 is 0. The van der Waals surface area contributed by atoms with E-state index in [0.717, 1.165) is 18.4 Å². The van der Waals surface area contributed by atoms with Gasteiger partial charge in [0.2, 0.25) is 0 Å². The van der Waals surface area contributed by atoms with Gasteiger partial charge in [-0.3, -0.25) is 0 Å². The lowest BCUT2D eigenvalue weighted by molar-refractivity contribution is 0.282. The van der Waals surface area contributed by atoms with Crippen molar-refractivity contribution in [1.29, 1.82) is 0 Å². The fourth-order valence-electron chi connectivity index (χ4n) is 1.31. The summed E-state index contributed by atoms with van der Waals surface area (Å²) in [5.41, 5.74) is 0.800. The lowest BCUT2D eigenvalue weighted by Crippen LogP contribution is -2.15. The van der Waals surface area contributed by atoms with Gasteiger partial charge in [0.25, 0.3) is 0 Å². The Morgan fingerprint density at radius 3 is 2.67 bits per heavy atom. The van der Waals surface area contributed by atoms with Crippen LogP contribution in [0.4, 0.5) is 4.39 Å². The molecule has 1 rings (SSSR count). The smallest absolute Gasteiger partial charge is 0.121 e. The molecule has 2 atom stereocenters. The van der Waals surface area contributed by atoms with Crippen molar-refractivity contribution in [3.05, 3.63) is 12.2 Å². The molecular weight excluding hydrogens is 115 g/mol. The number of allylic oxidation sites excluding steroid dienone is 1. The molecule has 0 aromatic rings. The highest BCUT2D eigenvalue weighted by molar-refractivity contribution is 5.05. The number of halogens is 1. The normalized spacial score (nSPS) is 36.9. The summed E-state index contributed by atoms with van der Waals surface area (Å²) in [5.74, 6) is 0.657. The number of hydrogen-bond donors (Lipinski definition) is 0. The predicted octanol–water partition coefficient (Wildman–Crippen LogP) is 2.70. The molecule has 0 amide bonds. The van der Waals surface area contributed by atoms with Crippen molar-refractivity contribution in [2.45, 2.75) is 32.4 Å². The predicted molar refractivity (Wildman–Crippen MR) is 37.1 cm³/mol. The highest BCUT2D eigenvalue weighted by atomic mass is 19.1. The van der Waals surface area contributed by atoms with Gasteiger partial charge in [-0.05, 0) is 30.8 Å². The van der Waals surface area contributed by atoms with Crippen LogP contribution in [0.5, 0.6) is 0 Å². The molecule has 0 saturated heterocycles. The minimum absolute atomic E-state index is 0.657. The molecule has 0 radical (unpaired) electrons. The first-order chi connectivity index (χ1) is 4.20. The molecule has 0 bridgehead atoms. The first-order valence-electron chi connectivity index (χ1n) is 3.52. The van der Waals surface area contributed by atoms with E-state index in [9.17, 15) is 4.39 Å². The van der Waals surface area contributed by atoms with Gasteiger partial charge in [-0.2, -0.15) is 0 Å². The van der Waals surface area contributed by atoms with Crippen molar-refractivity contribution in [2.24, 2.45) is 5.92 Å². The average molecular weight is 128 g/mol. The zero-order valence-electron chi connectivity index (χ0n) is 5.86. The third-order valence-electron chi connectivity index (χ3n) is 1.97. The van der Waals surface area contributed by atoms with Crippen LogP contribution in [-0.4, -0.2) is 6.17 Å². The van der Waals surface area contributed by atoms with Crippen LogP contribution < -0.4 is 0 Å². The van der Waals surface area contributed by atoms with Gasteiger partial charge in [-0.25, -0.2) is 4.39 Å². The second-order valence-corrected chi connectivity index (χ2v) is 3.01. The van der Waals surface area contributed by atoms with Gasteiger partial charge < -0.3 is 0 Å². The van der Waals surface area contributed by atoms with E-state index < -0.39 is 6.17 Å². The maximum atomic E-state index is 12.7. The Balaban J connectivity index is 2.44. The maximum Gasteiger partial charge on any atom is 0.121 e. The second-order valence-electron chi connectivity index (χ2n) is 3.01. The monoisotopic (exact) mass is 128 g/mol. The molecule has 1 aliphatic carbocycles. The lowest BCUT2D eigenvalue weighted by atomic mass is 9.86. The zero-order chi connectivity index (χ0) is 6.85. The van der Waals surface area contributed by atoms with Crippen molar-refractivity contribution in [2.75, 3.05) is 0 Å². The van der Waals surface area contributed by atoms with Crippen LogP contribution >= 0.6 is 0 Å². The topological polar surface area (TPSA) is 0 Å². The van der Waals surface area contributed by atoms with Gasteiger partial charge in [0.1, 0.15) is 6.17 Å². The molecule has 0 spiro atoms. The van der Waals surface area contributed by atoms with Crippen LogP contribution in [0.3, 0.4) is 0 Å². The molecule has 0 aliphatic heterocycles. The Morgan fingerprint density at radius 1 is 1.56 bits per heavy atom. The maximum absolute atomic E-state index is 12.7. The summed E-state index contributed by atoms with van der Waals surface area (Å²) in [4.78, 5) is 0. The summed E-state index contributed by atoms with van der Waals surface area (Å²) in [7, 11) is 0. The van der Waals surface area contributed by atoms with Gasteiger partial charge in [0.05, 0.1) is 0 Å². The molecule has 0 N–H and O–H groups in total. The van der Waals surface area contributed by atoms with E-state index in [1.54, 1.807) is 0 Å². The lowest BCUT2D eigenvalue weighted by Gasteiger charge is -2.22. The molecule has 1 aliphatic rings. The molecule has 52 valence electrons. The van der Waals surface area contributed by atoms with Crippen LogP contribution in [0.25, 0.3) is 0 Å². The van der Waals surface area contributed by atoms with E-state index in [2.05, 4.69) is 13.5 Å². The first-order valence-corrected chi connectivity index (χ1v) is 3.52. The largest absolute Gasteiger partial charge is 0.243 e. The van der Waals surface area contributed by atoms with E-state index in [4.69, 9.17) is 0 Å². The van der Waals surface area contributed by atoms with Gasteiger partial charge in [-0.15, -0.1) is 0 Å². The van der Waals surface area contributed by atoms with Gasteiger partial charge in [0, 0.05) is 0 Å². The quantitative estimate of drug-likeness (QED) is 0.440. The minimum Gasteiger partial charge on any atom is -0.243 e. The van der Waals surface area contributed by atoms with Crippen LogP contribution in [0.15, 0.2) is 12.2 Å². The third-order valence-corrected chi connectivity index (χ3v) is 1.97. The highest BCUT2D eigenvalue weighted by Crippen LogP contribution is 2.28. The first kappa shape index (κ1) is 6.79. The molecule has 1 fully saturated rings. The molecule has 0 aromatic heterocycles. The molecule has 9 heavy (non-hydrogen) atoms. The van der Waals surface area contributed by atoms with Crippen molar-refractivity contribution in [3.63, 3.8) is 0 Å². The van der Waals surface area contributed by atoms with E-state index in [1.807, 2.05) is 0 Å². The van der Waals surface area contributed by atoms with Crippen molar-refractivity contribution in [3.8, 4) is 0 Å². The molecule has 1 saturated carbocycles. The van der Waals surface area contributed by atoms with Gasteiger partial charge in [-0.1, -0.05) is 13.5 Å². The summed E-state index contributed by atoms with van der Waals surface area (Å²) < 4.78 is 12.7. The summed E-state index contributed by atoms with van der Waals surface area (Å²) in [6.45, 7) is 5.82. The Kier molecular flexibility index (Phi) is 1.89. The highest BCUT2D eigenvalue weighted by Gasteiger charge is 2.20. The average Bonchev–Trinajstić information content (AvgIpc) is 1.80. The fourth-order valence-corrected chi connectivity index (χ4v) is 1.31. The molecule has 0 nitrogen and oxygen atoms in total. The van der Waals surface area contributed by atoms with Crippen LogP contribution in [0.1, 0.15) is 26.2 Å². The van der Waals surface area contributed by atoms with Crippen LogP contribution in [0, 0.1) is 5.92 Å². The fraction of sp³-hybridized carbons (Fsp3) is 0.750. The van der Waals surface area contributed by atoms with E-state index in [0.29, 0.717) is 12.3 Å². The molecule has 1 heteroatoms. The Morgan fingerprint density at radius 2 is 2.22 bits per heavy atom. The summed E-state index contributed by atoms with van der Waals surface area (Å²) in [5, 5.41) is 0. The Hall–Kier alpha value is -0.330. The summed E-state index contributed by atoms with van der Waals surface area (Å²) in [6, 6.07) is 0. The number of hydrogen-bond acceptors (Lipinski definition) is 0. The van der Waals surface area contributed by atoms with Crippen molar-refractivity contribution in [1.82, 2.24) is 0 Å². The van der Waals surface area contributed by atoms with Crippen LogP contribution in [-0.2, 0) is 0 Å². The molecule has 0 aromatic carbocycles. The Labute approximate surface area is 55.8 Å². The summed E-state index contributed by atoms with van der Waals surface area (Å²) in [6.07, 6.45) is 1.91. The zero-order valence-corrected chi connectivity index (χ0v) is 5.86. The van der Waals surface area contributed by atoms with E-state index >= 15 is 0 Å². The minimum atomic E-state index is -0.707. The van der Waals surface area contributed by atoms with Crippen molar-refractivity contribution < 1.29 is 4.39 Å². The Bertz CT molecular complexity index is 118. The van der Waals surface area contributed by atoms with Gasteiger partial charge in [0.15, 0.2) is 0 Å². The standard InChI is InChI=1S/C8H13F/c1-6-3-4-8(9)7(2)5-6/h6,8H,2-5H2,1H3. The number of rotatable bonds is 0. The van der Waals surface area contributed by atoms with E-state index in [-0.39, 0.29) is 0 Å². The molecular formula is C8H13F. The number of alkyl halides is 1. The van der Waals surface area contributed by atoms with Crippen LogP contribution in [0.2, 0.25) is 0 Å². The van der Waals surface area contributed by atoms with Gasteiger partial charge >= 0.3 is 0 Å². The third kappa shape index (κ3) is 1.54.